The summed E-state index contributed by atoms with van der Waals surface area (Å²) in [5, 5.41) is 4.01. The van der Waals surface area contributed by atoms with Crippen molar-refractivity contribution in [3.8, 4) is 0 Å². The third-order valence-corrected chi connectivity index (χ3v) is 6.54. The molecule has 2 aromatic rings. The monoisotopic (exact) mass is 421 g/mol. The lowest BCUT2D eigenvalue weighted by Crippen LogP contribution is -2.48. The third kappa shape index (κ3) is 4.84. The summed E-state index contributed by atoms with van der Waals surface area (Å²) in [6.45, 7) is 1.60. The molecule has 0 aliphatic carbocycles. The van der Waals surface area contributed by atoms with E-state index in [1.54, 1.807) is 34.9 Å². The molecule has 1 atom stereocenters. The summed E-state index contributed by atoms with van der Waals surface area (Å²) in [7, 11) is -3.50. The number of nitrogens with one attached hydrogen (secondary N) is 1. The van der Waals surface area contributed by atoms with E-state index in [1.807, 2.05) is 12.1 Å². The number of halogens is 3. The second-order valence-corrected chi connectivity index (χ2v) is 8.36. The number of rotatable bonds is 4. The van der Waals surface area contributed by atoms with Gasteiger partial charge in [-0.25, -0.2) is 8.42 Å². The molecule has 0 radical (unpaired) electrons. The Hall–Kier alpha value is -0.890. The maximum absolute atomic E-state index is 12.9. The van der Waals surface area contributed by atoms with Gasteiger partial charge in [-0.15, -0.1) is 12.4 Å². The van der Waals surface area contributed by atoms with Crippen molar-refractivity contribution >= 4 is 45.6 Å². The average Bonchev–Trinajstić information content (AvgIpc) is 2.59. The molecule has 9 heteroatoms. The molecular formula is C16H18Cl3N3O2S. The van der Waals surface area contributed by atoms with E-state index >= 15 is 0 Å². The summed E-state index contributed by atoms with van der Waals surface area (Å²) in [4.78, 5) is 4.10. The summed E-state index contributed by atoms with van der Waals surface area (Å²) in [6, 6.07) is 8.35. The molecule has 0 amide bonds. The molecule has 1 aromatic heterocycles. The molecule has 1 aliphatic rings. The summed E-state index contributed by atoms with van der Waals surface area (Å²) >= 11 is 11.9. The van der Waals surface area contributed by atoms with E-state index in [0.717, 1.165) is 5.56 Å². The van der Waals surface area contributed by atoms with Gasteiger partial charge in [0.1, 0.15) is 0 Å². The highest BCUT2D eigenvalue weighted by Crippen LogP contribution is 2.28. The molecule has 2 heterocycles. The highest BCUT2D eigenvalue weighted by molar-refractivity contribution is 7.88. The first-order valence-electron chi connectivity index (χ1n) is 7.51. The molecule has 1 fully saturated rings. The van der Waals surface area contributed by atoms with Crippen molar-refractivity contribution in [2.45, 2.75) is 11.8 Å². The molecule has 136 valence electrons. The number of hydrogen-bond donors (Lipinski definition) is 1. The summed E-state index contributed by atoms with van der Waals surface area (Å²) in [5.41, 5.74) is 1.50. The van der Waals surface area contributed by atoms with Crippen LogP contribution in [0.3, 0.4) is 0 Å². The fourth-order valence-electron chi connectivity index (χ4n) is 2.80. The summed E-state index contributed by atoms with van der Waals surface area (Å²) in [6.07, 6.45) is 3.38. The molecule has 0 bridgehead atoms. The van der Waals surface area contributed by atoms with Crippen molar-refractivity contribution in [3.05, 3.63) is 63.9 Å². The maximum atomic E-state index is 12.9. The Bertz CT molecular complexity index is 819. The van der Waals surface area contributed by atoms with Crippen LogP contribution in [0.4, 0.5) is 0 Å². The van der Waals surface area contributed by atoms with E-state index in [4.69, 9.17) is 23.2 Å². The molecule has 1 unspecified atom stereocenters. The van der Waals surface area contributed by atoms with Crippen LogP contribution >= 0.6 is 35.6 Å². The van der Waals surface area contributed by atoms with E-state index in [1.165, 1.54) is 0 Å². The minimum Gasteiger partial charge on any atom is -0.313 e. The van der Waals surface area contributed by atoms with Crippen LogP contribution in [0.2, 0.25) is 10.0 Å². The zero-order chi connectivity index (χ0) is 17.2. The van der Waals surface area contributed by atoms with Crippen LogP contribution in [-0.4, -0.2) is 37.3 Å². The number of hydrogen-bond acceptors (Lipinski definition) is 4. The van der Waals surface area contributed by atoms with Gasteiger partial charge in [-0.2, -0.15) is 4.31 Å². The van der Waals surface area contributed by atoms with Gasteiger partial charge < -0.3 is 5.32 Å². The Labute approximate surface area is 163 Å². The standard InChI is InChI=1S/C16H17Cl2N3O2S.ClH/c17-14-4-3-12(8-15(14)18)11-24(22,23)21-7-6-20-10-16(21)13-2-1-5-19-9-13;/h1-5,8-9,16,20H,6-7,10-11H2;1H. The van der Waals surface area contributed by atoms with Crippen molar-refractivity contribution in [1.82, 2.24) is 14.6 Å². The predicted molar refractivity (Wildman–Crippen MR) is 103 cm³/mol. The smallest absolute Gasteiger partial charge is 0.218 e. The van der Waals surface area contributed by atoms with Gasteiger partial charge in [0.25, 0.3) is 0 Å². The Morgan fingerprint density at radius 2 is 2.04 bits per heavy atom. The molecule has 5 nitrogen and oxygen atoms in total. The third-order valence-electron chi connectivity index (χ3n) is 3.95. The maximum Gasteiger partial charge on any atom is 0.218 e. The lowest BCUT2D eigenvalue weighted by molar-refractivity contribution is 0.271. The van der Waals surface area contributed by atoms with Crippen LogP contribution in [-0.2, 0) is 15.8 Å². The number of pyridine rings is 1. The Balaban J connectivity index is 0.00000225. The highest BCUT2D eigenvalue weighted by atomic mass is 35.5. The van der Waals surface area contributed by atoms with E-state index in [-0.39, 0.29) is 24.2 Å². The molecule has 1 N–H and O–H groups in total. The van der Waals surface area contributed by atoms with Crippen molar-refractivity contribution < 1.29 is 8.42 Å². The lowest BCUT2D eigenvalue weighted by atomic mass is 10.1. The van der Waals surface area contributed by atoms with Crippen molar-refractivity contribution in [2.24, 2.45) is 0 Å². The molecule has 1 saturated heterocycles. The van der Waals surface area contributed by atoms with Gasteiger partial charge in [-0.05, 0) is 29.3 Å². The lowest BCUT2D eigenvalue weighted by Gasteiger charge is -2.35. The Morgan fingerprint density at radius 3 is 2.72 bits per heavy atom. The van der Waals surface area contributed by atoms with Crippen LogP contribution in [0.25, 0.3) is 0 Å². The normalized spacial score (nSPS) is 18.6. The van der Waals surface area contributed by atoms with E-state index in [0.29, 0.717) is 35.2 Å². The van der Waals surface area contributed by atoms with E-state index in [9.17, 15) is 8.42 Å². The topological polar surface area (TPSA) is 62.3 Å². The average molecular weight is 423 g/mol. The predicted octanol–water partition coefficient (Wildman–Crippen LogP) is 3.29. The van der Waals surface area contributed by atoms with Crippen LogP contribution in [0.5, 0.6) is 0 Å². The summed E-state index contributed by atoms with van der Waals surface area (Å²) < 4.78 is 27.4. The second-order valence-electron chi connectivity index (χ2n) is 5.62. The minimum atomic E-state index is -3.50. The number of piperazine rings is 1. The fourth-order valence-corrected chi connectivity index (χ4v) is 4.84. The number of aromatic nitrogens is 1. The largest absolute Gasteiger partial charge is 0.313 e. The molecule has 0 spiro atoms. The van der Waals surface area contributed by atoms with E-state index in [2.05, 4.69) is 10.3 Å². The zero-order valence-electron chi connectivity index (χ0n) is 13.2. The van der Waals surface area contributed by atoms with Crippen molar-refractivity contribution in [1.29, 1.82) is 0 Å². The number of nitrogens with zero attached hydrogens (tertiary/aromatic N) is 2. The molecular weight excluding hydrogens is 405 g/mol. The number of benzene rings is 1. The molecule has 25 heavy (non-hydrogen) atoms. The van der Waals surface area contributed by atoms with Crippen LogP contribution in [0.15, 0.2) is 42.7 Å². The highest BCUT2D eigenvalue weighted by Gasteiger charge is 2.33. The molecule has 3 rings (SSSR count). The Kier molecular flexibility index (Phi) is 7.08. The van der Waals surface area contributed by atoms with Gasteiger partial charge in [-0.3, -0.25) is 4.98 Å². The molecule has 0 saturated carbocycles. The number of sulfonamides is 1. The summed E-state index contributed by atoms with van der Waals surface area (Å²) in [5.74, 6) is -0.110. The van der Waals surface area contributed by atoms with Crippen molar-refractivity contribution in [3.63, 3.8) is 0 Å². The van der Waals surface area contributed by atoms with Gasteiger partial charge in [0.2, 0.25) is 10.0 Å². The molecule has 1 aliphatic heterocycles. The fraction of sp³-hybridized carbons (Fsp3) is 0.312. The SMILES string of the molecule is Cl.O=S(=O)(Cc1ccc(Cl)c(Cl)c1)N1CCNCC1c1cccnc1. The van der Waals surface area contributed by atoms with Crippen LogP contribution in [0.1, 0.15) is 17.2 Å². The first-order valence-corrected chi connectivity index (χ1v) is 9.88. The van der Waals surface area contributed by atoms with Gasteiger partial charge in [0.15, 0.2) is 0 Å². The van der Waals surface area contributed by atoms with Gasteiger partial charge in [0, 0.05) is 32.0 Å². The van der Waals surface area contributed by atoms with Gasteiger partial charge in [0.05, 0.1) is 21.8 Å². The zero-order valence-corrected chi connectivity index (χ0v) is 16.4. The minimum absolute atomic E-state index is 0. The first-order chi connectivity index (χ1) is 11.5. The quantitative estimate of drug-likeness (QED) is 0.821. The Morgan fingerprint density at radius 1 is 1.24 bits per heavy atom. The van der Waals surface area contributed by atoms with E-state index < -0.39 is 10.0 Å². The van der Waals surface area contributed by atoms with Crippen LogP contribution in [0, 0.1) is 0 Å². The van der Waals surface area contributed by atoms with Gasteiger partial charge >= 0.3 is 0 Å². The van der Waals surface area contributed by atoms with Crippen LogP contribution < -0.4 is 5.32 Å². The second kappa shape index (κ2) is 8.66. The molecule has 1 aromatic carbocycles. The van der Waals surface area contributed by atoms with Gasteiger partial charge in [-0.1, -0.05) is 35.3 Å². The van der Waals surface area contributed by atoms with Crippen molar-refractivity contribution in [2.75, 3.05) is 19.6 Å². The first kappa shape index (κ1) is 20.4.